The lowest BCUT2D eigenvalue weighted by molar-refractivity contribution is -0.150. The number of nitrogens with one attached hydrogen (secondary N) is 1. The average Bonchev–Trinajstić information content (AvgIpc) is 2.88. The third-order valence-electron chi connectivity index (χ3n) is 2.92. The first-order valence-corrected chi connectivity index (χ1v) is 9.26. The minimum absolute atomic E-state index is 0.0107. The molecular formula is C15H21BClN3O7S. The maximum absolute atomic E-state index is 11.8. The number of nitrogens with zero attached hydrogens (tertiary/aromatic N) is 2. The molecule has 1 heterocycles. The molecule has 1 amide bonds. The number of ether oxygens (including phenoxy) is 1. The summed E-state index contributed by atoms with van der Waals surface area (Å²) in [6.45, 7) is 8.41. The van der Waals surface area contributed by atoms with Crippen molar-refractivity contribution >= 4 is 59.9 Å². The van der Waals surface area contributed by atoms with Gasteiger partial charge >= 0.3 is 26.1 Å². The number of hydrogen-bond donors (Lipinski definition) is 2. The van der Waals surface area contributed by atoms with Crippen molar-refractivity contribution in [1.29, 1.82) is 0 Å². The Labute approximate surface area is 171 Å². The van der Waals surface area contributed by atoms with Crippen LogP contribution in [0.15, 0.2) is 5.16 Å². The zero-order chi connectivity index (χ0) is 21.6. The molecule has 154 valence electrons. The fourth-order valence-corrected chi connectivity index (χ4v) is 2.77. The number of halogens is 1. The van der Waals surface area contributed by atoms with Gasteiger partial charge in [0.2, 0.25) is 11.8 Å². The Balaban J connectivity index is 3.09. The molecule has 0 fully saturated rings. The molecule has 1 rings (SSSR count). The number of carboxylic acids is 1. The predicted molar refractivity (Wildman–Crippen MR) is 106 cm³/mol. The predicted octanol–water partition coefficient (Wildman–Crippen LogP) is 2.06. The summed E-state index contributed by atoms with van der Waals surface area (Å²) in [4.78, 5) is 44.1. The number of thiazole rings is 1. The molecule has 0 aliphatic carbocycles. The maximum atomic E-state index is 11.8. The number of carboxylic acid groups (broad SMARTS) is 1. The smallest absolute Gasteiger partial charge is 0.413 e. The molecule has 1 aromatic heterocycles. The van der Waals surface area contributed by atoms with Crippen LogP contribution in [0.3, 0.4) is 0 Å². The Kier molecular flexibility index (Phi) is 8.24. The molecule has 0 unspecified atom stereocenters. The Bertz CT molecular complexity index is 776. The Morgan fingerprint density at radius 3 is 2.39 bits per heavy atom. The molecule has 28 heavy (non-hydrogen) atoms. The lowest BCUT2D eigenvalue weighted by Crippen LogP contribution is -2.30. The monoisotopic (exact) mass is 433 g/mol. The van der Waals surface area contributed by atoms with E-state index in [1.807, 2.05) is 0 Å². The van der Waals surface area contributed by atoms with Crippen LogP contribution < -0.4 is 5.32 Å². The molecule has 2 N–H and O–H groups in total. The molecule has 0 radical (unpaired) electrons. The van der Waals surface area contributed by atoms with Crippen molar-refractivity contribution in [3.8, 4) is 0 Å². The summed E-state index contributed by atoms with van der Waals surface area (Å²) in [6.07, 6.45) is -1.89. The van der Waals surface area contributed by atoms with Gasteiger partial charge in [-0.15, -0.1) is 0 Å². The maximum Gasteiger partial charge on any atom is 0.413 e. The summed E-state index contributed by atoms with van der Waals surface area (Å²) in [7, 11) is 1.18. The minimum atomic E-state index is -1.48. The second-order valence-corrected chi connectivity index (χ2v) is 8.41. The van der Waals surface area contributed by atoms with E-state index in [2.05, 4.69) is 20.1 Å². The number of aromatic nitrogens is 1. The van der Waals surface area contributed by atoms with Crippen LogP contribution in [0.25, 0.3) is 0 Å². The summed E-state index contributed by atoms with van der Waals surface area (Å²) < 4.78 is 9.65. The van der Waals surface area contributed by atoms with Gasteiger partial charge in [0.25, 0.3) is 0 Å². The Hall–Kier alpha value is -2.34. The van der Waals surface area contributed by atoms with Crippen LogP contribution in [0.4, 0.5) is 9.93 Å². The van der Waals surface area contributed by atoms with E-state index < -0.39 is 35.4 Å². The summed E-state index contributed by atoms with van der Waals surface area (Å²) in [6, 6.07) is 0. The van der Waals surface area contributed by atoms with E-state index in [0.717, 1.165) is 11.3 Å². The SMILES string of the molecule is BOC(=O)[C@@H](O/N=C(\C(=O)O)c1nc(NC(=O)OC(C)(C)C)sc1Cl)C(C)C. The quantitative estimate of drug-likeness (QED) is 0.379. The van der Waals surface area contributed by atoms with Gasteiger partial charge in [-0.3, -0.25) is 5.32 Å². The second-order valence-electron chi connectivity index (χ2n) is 6.81. The third-order valence-corrected chi connectivity index (χ3v) is 4.09. The number of carbonyl (C=O) groups is 3. The van der Waals surface area contributed by atoms with Gasteiger partial charge in [-0.2, -0.15) is 0 Å². The standard InChI is InChI=1S/C15H21BClN3O7S/c1-6(2)9(12(23)26-16)27-20-8(11(21)22)7-10(17)28-13(18-7)19-14(24)25-15(3,4)5/h6,9H,16H2,1-5H3,(H,21,22)(H,18,19,24)/b20-8-/t9-/m0/s1. The molecule has 0 aliphatic heterocycles. The summed E-state index contributed by atoms with van der Waals surface area (Å²) in [5, 5.41) is 15.3. The number of hydrogen-bond acceptors (Lipinski definition) is 9. The molecule has 10 nitrogen and oxygen atoms in total. The molecule has 13 heteroatoms. The highest BCUT2D eigenvalue weighted by molar-refractivity contribution is 7.20. The summed E-state index contributed by atoms with van der Waals surface area (Å²) in [5.41, 5.74) is -1.58. The Morgan fingerprint density at radius 1 is 1.32 bits per heavy atom. The molecule has 1 atom stereocenters. The van der Waals surface area contributed by atoms with E-state index in [0.29, 0.717) is 0 Å². The number of rotatable bonds is 7. The van der Waals surface area contributed by atoms with Gasteiger partial charge in [-0.05, 0) is 20.8 Å². The zero-order valence-electron chi connectivity index (χ0n) is 16.2. The third kappa shape index (κ3) is 7.00. The van der Waals surface area contributed by atoms with Crippen LogP contribution >= 0.6 is 22.9 Å². The Morgan fingerprint density at radius 2 is 1.93 bits per heavy atom. The van der Waals surface area contributed by atoms with E-state index in [9.17, 15) is 19.5 Å². The number of carbonyl (C=O) groups excluding carboxylic acids is 2. The van der Waals surface area contributed by atoms with E-state index in [-0.39, 0.29) is 21.1 Å². The summed E-state index contributed by atoms with van der Waals surface area (Å²) in [5.74, 6) is -2.52. The van der Waals surface area contributed by atoms with E-state index in [4.69, 9.17) is 21.2 Å². The largest absolute Gasteiger partial charge is 0.541 e. The van der Waals surface area contributed by atoms with Crippen molar-refractivity contribution in [2.75, 3.05) is 5.32 Å². The van der Waals surface area contributed by atoms with Gasteiger partial charge in [0.05, 0.1) is 0 Å². The number of aliphatic carboxylic acids is 1. The molecule has 0 bridgehead atoms. The molecule has 0 saturated heterocycles. The molecule has 0 aromatic carbocycles. The normalized spacial score (nSPS) is 13.0. The van der Waals surface area contributed by atoms with E-state index in [1.165, 1.54) is 8.05 Å². The van der Waals surface area contributed by atoms with Crippen LogP contribution in [0.2, 0.25) is 4.34 Å². The van der Waals surface area contributed by atoms with Gasteiger partial charge in [-0.1, -0.05) is 41.9 Å². The molecule has 0 saturated carbocycles. The first-order valence-electron chi connectivity index (χ1n) is 8.07. The highest BCUT2D eigenvalue weighted by Gasteiger charge is 2.28. The van der Waals surface area contributed by atoms with Crippen LogP contribution in [0.5, 0.6) is 0 Å². The second kappa shape index (κ2) is 9.74. The van der Waals surface area contributed by atoms with Crippen LogP contribution in [0, 0.1) is 5.92 Å². The summed E-state index contributed by atoms with van der Waals surface area (Å²) >= 11 is 6.86. The van der Waals surface area contributed by atoms with Crippen molar-refractivity contribution in [3.05, 3.63) is 10.0 Å². The zero-order valence-corrected chi connectivity index (χ0v) is 17.8. The van der Waals surface area contributed by atoms with Crippen LogP contribution in [-0.4, -0.2) is 53.6 Å². The van der Waals surface area contributed by atoms with Crippen molar-refractivity contribution in [2.45, 2.75) is 46.3 Å². The number of anilines is 1. The fraction of sp³-hybridized carbons (Fsp3) is 0.533. The van der Waals surface area contributed by atoms with Crippen molar-refractivity contribution in [1.82, 2.24) is 4.98 Å². The highest BCUT2D eigenvalue weighted by atomic mass is 35.5. The van der Waals surface area contributed by atoms with Crippen molar-refractivity contribution in [3.63, 3.8) is 0 Å². The van der Waals surface area contributed by atoms with Gasteiger partial charge in [0.15, 0.2) is 5.13 Å². The lowest BCUT2D eigenvalue weighted by Gasteiger charge is -2.18. The number of oxime groups is 1. The van der Waals surface area contributed by atoms with Gasteiger partial charge in [-0.25, -0.2) is 19.4 Å². The first kappa shape index (κ1) is 23.7. The van der Waals surface area contributed by atoms with Crippen LogP contribution in [0.1, 0.15) is 40.3 Å². The van der Waals surface area contributed by atoms with E-state index in [1.54, 1.807) is 34.6 Å². The molecular weight excluding hydrogens is 413 g/mol. The van der Waals surface area contributed by atoms with Crippen LogP contribution in [-0.2, 0) is 23.8 Å². The fourth-order valence-electron chi connectivity index (χ4n) is 1.74. The average molecular weight is 434 g/mol. The minimum Gasteiger partial charge on any atom is -0.541 e. The highest BCUT2D eigenvalue weighted by Crippen LogP contribution is 2.29. The van der Waals surface area contributed by atoms with E-state index >= 15 is 0 Å². The van der Waals surface area contributed by atoms with Crippen molar-refractivity contribution < 1.29 is 33.7 Å². The lowest BCUT2D eigenvalue weighted by atomic mass is 10.1. The first-order chi connectivity index (χ1) is 12.9. The van der Waals surface area contributed by atoms with Gasteiger partial charge < -0.3 is 19.3 Å². The topological polar surface area (TPSA) is 136 Å². The van der Waals surface area contributed by atoms with Crippen molar-refractivity contribution in [2.24, 2.45) is 11.1 Å². The molecule has 0 spiro atoms. The van der Waals surface area contributed by atoms with Gasteiger partial charge in [0.1, 0.15) is 15.6 Å². The number of amides is 1. The molecule has 1 aromatic rings. The molecule has 0 aliphatic rings. The van der Waals surface area contributed by atoms with Gasteiger partial charge in [0, 0.05) is 5.92 Å².